The van der Waals surface area contributed by atoms with Gasteiger partial charge in [-0.25, -0.2) is 9.59 Å². The molecule has 41 heavy (non-hydrogen) atoms. The monoisotopic (exact) mass is 586 g/mol. The van der Waals surface area contributed by atoms with Crippen LogP contribution in [0.5, 0.6) is 0 Å². The average Bonchev–Trinajstić information content (AvgIpc) is 2.94. The van der Waals surface area contributed by atoms with Gasteiger partial charge in [0.15, 0.2) is 0 Å². The number of hydrogen-bond donors (Lipinski definition) is 2. The van der Waals surface area contributed by atoms with E-state index < -0.39 is 30.2 Å². The summed E-state index contributed by atoms with van der Waals surface area (Å²) in [6.45, 7) is 13.2. The number of amides is 2. The molecule has 2 amide bonds. The summed E-state index contributed by atoms with van der Waals surface area (Å²) in [6, 6.07) is 0. The SMILES string of the molecule is C=C(C)C(=O)OCCOCCOC(=O)CC(=O)NCCNC(=O)CC.C=CC(=O)OCCOC(=O)CCCCCC. The number of carbonyl (C=O) groups is 6. The molecule has 0 bridgehead atoms. The molecule has 0 atom stereocenters. The summed E-state index contributed by atoms with van der Waals surface area (Å²) >= 11 is 0. The molecule has 0 saturated carbocycles. The van der Waals surface area contributed by atoms with E-state index in [2.05, 4.69) is 35.5 Å². The van der Waals surface area contributed by atoms with Gasteiger partial charge in [0.05, 0.1) is 13.2 Å². The zero-order valence-electron chi connectivity index (χ0n) is 24.6. The molecule has 0 aliphatic heterocycles. The first-order valence-electron chi connectivity index (χ1n) is 13.6. The lowest BCUT2D eigenvalue weighted by molar-refractivity contribution is -0.149. The van der Waals surface area contributed by atoms with Crippen molar-refractivity contribution in [2.75, 3.05) is 52.7 Å². The number of unbranched alkanes of at least 4 members (excludes halogenated alkanes) is 3. The van der Waals surface area contributed by atoms with Crippen LogP contribution >= 0.6 is 0 Å². The van der Waals surface area contributed by atoms with Crippen molar-refractivity contribution in [1.29, 1.82) is 0 Å². The second-order valence-electron chi connectivity index (χ2n) is 8.38. The van der Waals surface area contributed by atoms with Crippen LogP contribution in [0.3, 0.4) is 0 Å². The first kappa shape index (κ1) is 39.4. The molecule has 0 aliphatic rings. The van der Waals surface area contributed by atoms with Crippen LogP contribution in [-0.2, 0) is 52.5 Å². The molecule has 0 aromatic carbocycles. The van der Waals surface area contributed by atoms with Crippen molar-refractivity contribution in [3.63, 3.8) is 0 Å². The Kier molecular flexibility index (Phi) is 26.7. The van der Waals surface area contributed by atoms with Gasteiger partial charge in [-0.1, -0.05) is 46.3 Å². The Labute approximate surface area is 242 Å². The molecule has 0 rings (SSSR count). The van der Waals surface area contributed by atoms with Crippen LogP contribution in [-0.4, -0.2) is 88.4 Å². The number of ether oxygens (including phenoxy) is 5. The number of esters is 4. The quantitative estimate of drug-likeness (QED) is 0.0624. The van der Waals surface area contributed by atoms with Crippen molar-refractivity contribution in [2.24, 2.45) is 0 Å². The zero-order chi connectivity index (χ0) is 31.3. The Hall–Kier alpha value is -3.74. The first-order chi connectivity index (χ1) is 19.6. The maximum absolute atomic E-state index is 11.4. The lowest BCUT2D eigenvalue weighted by atomic mass is 10.2. The molecule has 0 aliphatic carbocycles. The van der Waals surface area contributed by atoms with E-state index in [-0.39, 0.29) is 58.1 Å². The molecule has 0 saturated heterocycles. The predicted octanol–water partition coefficient (Wildman–Crippen LogP) is 1.93. The van der Waals surface area contributed by atoms with Crippen LogP contribution < -0.4 is 10.6 Å². The number of rotatable bonds is 22. The van der Waals surface area contributed by atoms with Crippen molar-refractivity contribution >= 4 is 35.7 Å². The van der Waals surface area contributed by atoms with Crippen LogP contribution in [0.4, 0.5) is 0 Å². The van der Waals surface area contributed by atoms with Gasteiger partial charge in [-0.05, 0) is 13.3 Å². The maximum Gasteiger partial charge on any atom is 0.333 e. The van der Waals surface area contributed by atoms with Gasteiger partial charge in [-0.2, -0.15) is 0 Å². The second-order valence-corrected chi connectivity index (χ2v) is 8.38. The van der Waals surface area contributed by atoms with Gasteiger partial charge < -0.3 is 34.3 Å². The third-order valence-corrected chi connectivity index (χ3v) is 4.69. The summed E-state index contributed by atoms with van der Waals surface area (Å²) in [5.41, 5.74) is 0.306. The van der Waals surface area contributed by atoms with Crippen molar-refractivity contribution in [2.45, 2.75) is 65.7 Å². The van der Waals surface area contributed by atoms with Crippen molar-refractivity contribution in [3.05, 3.63) is 24.8 Å². The molecule has 0 spiro atoms. The van der Waals surface area contributed by atoms with E-state index >= 15 is 0 Å². The van der Waals surface area contributed by atoms with Gasteiger partial charge in [0.1, 0.15) is 32.8 Å². The highest BCUT2D eigenvalue weighted by atomic mass is 16.6. The zero-order valence-corrected chi connectivity index (χ0v) is 24.6. The molecular formula is C28H46N2O11. The van der Waals surface area contributed by atoms with Gasteiger partial charge in [0.25, 0.3) is 0 Å². The van der Waals surface area contributed by atoms with Crippen molar-refractivity contribution < 1.29 is 52.5 Å². The molecule has 0 unspecified atom stereocenters. The molecule has 234 valence electrons. The average molecular weight is 587 g/mol. The highest BCUT2D eigenvalue weighted by molar-refractivity contribution is 5.94. The standard InChI is InChI=1S/C16H26N2O7.C12H20O4/c1-4-13(19)17-5-6-18-14(20)11-15(21)24-9-7-23-8-10-25-16(22)12(2)3;1-3-5-6-7-8-12(14)16-10-9-15-11(13)4-2/h2,4-11H2,1,3H3,(H,17,19)(H,18,20);4H,2-3,5-10H2,1H3. The largest absolute Gasteiger partial charge is 0.463 e. The predicted molar refractivity (Wildman–Crippen MR) is 149 cm³/mol. The fraction of sp³-hybridized carbons (Fsp3) is 0.643. The number of nitrogens with one attached hydrogen (secondary N) is 2. The third kappa shape index (κ3) is 29.1. The fourth-order valence-electron chi connectivity index (χ4n) is 2.53. The van der Waals surface area contributed by atoms with E-state index in [1.54, 1.807) is 13.8 Å². The molecule has 2 N–H and O–H groups in total. The van der Waals surface area contributed by atoms with E-state index in [0.717, 1.165) is 31.8 Å². The number of hydrogen-bond acceptors (Lipinski definition) is 11. The topological polar surface area (TPSA) is 173 Å². The summed E-state index contributed by atoms with van der Waals surface area (Å²) in [5, 5.41) is 5.08. The Morgan fingerprint density at radius 3 is 1.85 bits per heavy atom. The minimum absolute atomic E-state index is 0.00684. The minimum atomic E-state index is -0.674. The van der Waals surface area contributed by atoms with Crippen LogP contribution in [0.15, 0.2) is 24.8 Å². The van der Waals surface area contributed by atoms with Gasteiger partial charge >= 0.3 is 23.9 Å². The molecule has 0 fully saturated rings. The summed E-state index contributed by atoms with van der Waals surface area (Å²) in [5.74, 6) is -2.49. The van der Waals surface area contributed by atoms with Gasteiger partial charge in [0, 0.05) is 37.6 Å². The van der Waals surface area contributed by atoms with Crippen molar-refractivity contribution in [3.8, 4) is 0 Å². The fourth-order valence-corrected chi connectivity index (χ4v) is 2.53. The molecule has 13 nitrogen and oxygen atoms in total. The third-order valence-electron chi connectivity index (χ3n) is 4.69. The Bertz CT molecular complexity index is 828. The highest BCUT2D eigenvalue weighted by Crippen LogP contribution is 2.03. The van der Waals surface area contributed by atoms with Crippen LogP contribution in [0.1, 0.15) is 65.7 Å². The first-order valence-corrected chi connectivity index (χ1v) is 13.6. The minimum Gasteiger partial charge on any atom is -0.463 e. The Balaban J connectivity index is 0. The van der Waals surface area contributed by atoms with Crippen LogP contribution in [0.25, 0.3) is 0 Å². The summed E-state index contributed by atoms with van der Waals surface area (Å²) in [6.07, 6.45) is 5.69. The van der Waals surface area contributed by atoms with E-state index in [4.69, 9.17) is 18.9 Å². The lowest BCUT2D eigenvalue weighted by Crippen LogP contribution is -2.35. The molecular weight excluding hydrogens is 540 g/mol. The molecule has 0 radical (unpaired) electrons. The maximum atomic E-state index is 11.4. The lowest BCUT2D eigenvalue weighted by Gasteiger charge is -2.08. The molecule has 0 aromatic rings. The molecule has 0 aromatic heterocycles. The molecule has 0 heterocycles. The van der Waals surface area contributed by atoms with E-state index in [9.17, 15) is 28.8 Å². The normalized spacial score (nSPS) is 9.73. The van der Waals surface area contributed by atoms with Gasteiger partial charge in [-0.15, -0.1) is 0 Å². The van der Waals surface area contributed by atoms with E-state index in [0.29, 0.717) is 25.0 Å². The Morgan fingerprint density at radius 2 is 1.27 bits per heavy atom. The van der Waals surface area contributed by atoms with E-state index in [1.165, 1.54) is 0 Å². The van der Waals surface area contributed by atoms with Crippen LogP contribution in [0, 0.1) is 0 Å². The summed E-state index contributed by atoms with van der Waals surface area (Å²) in [7, 11) is 0. The highest BCUT2D eigenvalue weighted by Gasteiger charge is 2.10. The summed E-state index contributed by atoms with van der Waals surface area (Å²) in [4.78, 5) is 66.6. The smallest absolute Gasteiger partial charge is 0.333 e. The molecule has 13 heteroatoms. The Morgan fingerprint density at radius 1 is 0.707 bits per heavy atom. The number of carbonyl (C=O) groups excluding carboxylic acids is 6. The van der Waals surface area contributed by atoms with Crippen molar-refractivity contribution in [1.82, 2.24) is 10.6 Å². The second kappa shape index (κ2) is 27.8. The van der Waals surface area contributed by atoms with Gasteiger partial charge in [-0.3, -0.25) is 19.2 Å². The summed E-state index contributed by atoms with van der Waals surface area (Å²) < 4.78 is 24.3. The van der Waals surface area contributed by atoms with Gasteiger partial charge in [0.2, 0.25) is 11.8 Å². The van der Waals surface area contributed by atoms with E-state index in [1.807, 2.05) is 0 Å². The van der Waals surface area contributed by atoms with Crippen LogP contribution in [0.2, 0.25) is 0 Å².